The fourth-order valence-electron chi connectivity index (χ4n) is 2.35. The summed E-state index contributed by atoms with van der Waals surface area (Å²) < 4.78 is 16.3. The molecule has 122 valence electrons. The number of amides is 1. The Morgan fingerprint density at radius 2 is 2.27 bits per heavy atom. The molecule has 1 unspecified atom stereocenters. The van der Waals surface area contributed by atoms with Crippen LogP contribution in [0.1, 0.15) is 36.7 Å². The van der Waals surface area contributed by atoms with Gasteiger partial charge in [0.15, 0.2) is 10.4 Å². The van der Waals surface area contributed by atoms with Gasteiger partial charge in [-0.1, -0.05) is 0 Å². The fraction of sp³-hybridized carbons (Fsp3) is 0.600. The van der Waals surface area contributed by atoms with Crippen LogP contribution in [0.2, 0.25) is 0 Å². The first kappa shape index (κ1) is 17.0. The molecule has 1 aliphatic rings. The molecule has 0 radical (unpaired) electrons. The molecule has 1 aromatic rings. The summed E-state index contributed by atoms with van der Waals surface area (Å²) >= 11 is 3.18. The number of halogens is 1. The van der Waals surface area contributed by atoms with Crippen molar-refractivity contribution in [1.29, 1.82) is 0 Å². The smallest absolute Gasteiger partial charge is 0.307 e. The molecule has 0 saturated carbocycles. The number of hydrogen-bond donors (Lipinski definition) is 0. The van der Waals surface area contributed by atoms with E-state index >= 15 is 0 Å². The minimum absolute atomic E-state index is 0.0181. The van der Waals surface area contributed by atoms with Crippen molar-refractivity contribution in [2.75, 3.05) is 26.3 Å². The van der Waals surface area contributed by atoms with E-state index in [-0.39, 0.29) is 36.7 Å². The van der Waals surface area contributed by atoms with Gasteiger partial charge in [0.25, 0.3) is 5.91 Å². The maximum Gasteiger partial charge on any atom is 0.307 e. The summed E-state index contributed by atoms with van der Waals surface area (Å²) in [6.07, 6.45) is 2.10. The highest BCUT2D eigenvalue weighted by Gasteiger charge is 2.25. The summed E-state index contributed by atoms with van der Waals surface area (Å²) in [6.45, 7) is 3.56. The van der Waals surface area contributed by atoms with Crippen molar-refractivity contribution in [3.8, 4) is 0 Å². The Bertz CT molecular complexity index is 510. The largest absolute Gasteiger partial charge is 0.466 e. The van der Waals surface area contributed by atoms with Gasteiger partial charge in [-0.3, -0.25) is 9.59 Å². The van der Waals surface area contributed by atoms with Crippen LogP contribution in [0.15, 0.2) is 21.2 Å². The van der Waals surface area contributed by atoms with Crippen LogP contribution in [0, 0.1) is 0 Å². The van der Waals surface area contributed by atoms with Gasteiger partial charge in [0.05, 0.1) is 19.1 Å². The minimum Gasteiger partial charge on any atom is -0.466 e. The zero-order chi connectivity index (χ0) is 15.9. The van der Waals surface area contributed by atoms with E-state index in [1.54, 1.807) is 24.0 Å². The Morgan fingerprint density at radius 3 is 2.86 bits per heavy atom. The molecule has 0 aromatic carbocycles. The molecule has 1 amide bonds. The highest BCUT2D eigenvalue weighted by Crippen LogP contribution is 2.18. The molecule has 2 heterocycles. The summed E-state index contributed by atoms with van der Waals surface area (Å²) in [5, 5.41) is 0. The maximum absolute atomic E-state index is 12.5. The number of furan rings is 1. The highest BCUT2D eigenvalue weighted by atomic mass is 79.9. The first-order chi connectivity index (χ1) is 10.6. The number of rotatable bonds is 7. The van der Waals surface area contributed by atoms with E-state index in [0.29, 0.717) is 17.8 Å². The number of carbonyl (C=O) groups excluding carboxylic acids is 2. The lowest BCUT2D eigenvalue weighted by Crippen LogP contribution is -2.38. The van der Waals surface area contributed by atoms with Gasteiger partial charge < -0.3 is 18.8 Å². The standard InChI is InChI=1S/C15H20BrNO5/c1-2-20-14(18)7-8-17(10-11-4-3-9-21-11)15(19)12-5-6-13(16)22-12/h5-6,11H,2-4,7-10H2,1H3. The van der Waals surface area contributed by atoms with Crippen LogP contribution in [0.25, 0.3) is 0 Å². The van der Waals surface area contributed by atoms with Crippen LogP contribution in [0.5, 0.6) is 0 Å². The monoisotopic (exact) mass is 373 g/mol. The van der Waals surface area contributed by atoms with Crippen molar-refractivity contribution in [3.63, 3.8) is 0 Å². The predicted octanol–water partition coefficient (Wildman–Crippen LogP) is 2.62. The molecule has 0 aliphatic carbocycles. The van der Waals surface area contributed by atoms with Gasteiger partial charge in [-0.05, 0) is 47.8 Å². The van der Waals surface area contributed by atoms with E-state index in [0.717, 1.165) is 19.4 Å². The van der Waals surface area contributed by atoms with Crippen LogP contribution < -0.4 is 0 Å². The number of hydrogen-bond acceptors (Lipinski definition) is 5. The zero-order valence-corrected chi connectivity index (χ0v) is 14.1. The van der Waals surface area contributed by atoms with Crippen LogP contribution >= 0.6 is 15.9 Å². The normalized spacial score (nSPS) is 17.5. The molecule has 7 heteroatoms. The summed E-state index contributed by atoms with van der Waals surface area (Å²) in [6, 6.07) is 3.28. The lowest BCUT2D eigenvalue weighted by atomic mass is 10.2. The van der Waals surface area contributed by atoms with Gasteiger partial charge in [-0.15, -0.1) is 0 Å². The van der Waals surface area contributed by atoms with E-state index in [1.807, 2.05) is 0 Å². The van der Waals surface area contributed by atoms with Crippen molar-refractivity contribution in [3.05, 3.63) is 22.6 Å². The summed E-state index contributed by atoms with van der Waals surface area (Å²) in [7, 11) is 0. The third-order valence-electron chi connectivity index (χ3n) is 3.41. The zero-order valence-electron chi connectivity index (χ0n) is 12.5. The number of carbonyl (C=O) groups is 2. The Balaban J connectivity index is 1.99. The molecule has 1 atom stereocenters. The molecule has 0 N–H and O–H groups in total. The van der Waals surface area contributed by atoms with E-state index < -0.39 is 0 Å². The molecule has 1 aromatic heterocycles. The van der Waals surface area contributed by atoms with Gasteiger partial charge >= 0.3 is 5.97 Å². The Kier molecular flexibility index (Phi) is 6.45. The van der Waals surface area contributed by atoms with Gasteiger partial charge in [-0.2, -0.15) is 0 Å². The van der Waals surface area contributed by atoms with Crippen LogP contribution in [0.4, 0.5) is 0 Å². The SMILES string of the molecule is CCOC(=O)CCN(CC1CCCO1)C(=O)c1ccc(Br)o1. The molecular weight excluding hydrogens is 354 g/mol. The molecule has 6 nitrogen and oxygen atoms in total. The lowest BCUT2D eigenvalue weighted by Gasteiger charge is -2.24. The second-order valence-electron chi connectivity index (χ2n) is 5.04. The van der Waals surface area contributed by atoms with Gasteiger partial charge in [0.1, 0.15) is 0 Å². The van der Waals surface area contributed by atoms with Crippen LogP contribution in [-0.4, -0.2) is 49.2 Å². The van der Waals surface area contributed by atoms with Crippen LogP contribution in [0.3, 0.4) is 0 Å². The second kappa shape index (κ2) is 8.33. The van der Waals surface area contributed by atoms with E-state index in [4.69, 9.17) is 13.9 Å². The highest BCUT2D eigenvalue weighted by molar-refractivity contribution is 9.10. The van der Waals surface area contributed by atoms with Crippen molar-refractivity contribution in [2.24, 2.45) is 0 Å². The predicted molar refractivity (Wildman–Crippen MR) is 82.5 cm³/mol. The molecule has 1 saturated heterocycles. The van der Waals surface area contributed by atoms with E-state index in [1.165, 1.54) is 0 Å². The number of nitrogens with zero attached hydrogens (tertiary/aromatic N) is 1. The third kappa shape index (κ3) is 4.84. The van der Waals surface area contributed by atoms with E-state index in [9.17, 15) is 9.59 Å². The first-order valence-corrected chi connectivity index (χ1v) is 8.21. The van der Waals surface area contributed by atoms with E-state index in [2.05, 4.69) is 15.9 Å². The fourth-order valence-corrected chi connectivity index (χ4v) is 2.66. The topological polar surface area (TPSA) is 69.0 Å². The van der Waals surface area contributed by atoms with Gasteiger partial charge in [-0.25, -0.2) is 0 Å². The molecular formula is C15H20BrNO5. The molecule has 22 heavy (non-hydrogen) atoms. The molecule has 2 rings (SSSR count). The third-order valence-corrected chi connectivity index (χ3v) is 3.84. The molecule has 0 bridgehead atoms. The Hall–Kier alpha value is -1.34. The average Bonchev–Trinajstić information content (AvgIpc) is 3.14. The number of ether oxygens (including phenoxy) is 2. The molecule has 1 fully saturated rings. The molecule has 1 aliphatic heterocycles. The van der Waals surface area contributed by atoms with Gasteiger partial charge in [0.2, 0.25) is 0 Å². The Labute approximate surface area is 137 Å². The van der Waals surface area contributed by atoms with Gasteiger partial charge in [0, 0.05) is 19.7 Å². The maximum atomic E-state index is 12.5. The van der Waals surface area contributed by atoms with Crippen molar-refractivity contribution >= 4 is 27.8 Å². The summed E-state index contributed by atoms with van der Waals surface area (Å²) in [4.78, 5) is 25.6. The first-order valence-electron chi connectivity index (χ1n) is 7.42. The number of esters is 1. The summed E-state index contributed by atoms with van der Waals surface area (Å²) in [5.41, 5.74) is 0. The van der Waals surface area contributed by atoms with Crippen molar-refractivity contribution in [1.82, 2.24) is 4.90 Å². The quantitative estimate of drug-likeness (QED) is 0.687. The lowest BCUT2D eigenvalue weighted by molar-refractivity contribution is -0.143. The summed E-state index contributed by atoms with van der Waals surface area (Å²) in [5.74, 6) is -0.313. The Morgan fingerprint density at radius 1 is 1.45 bits per heavy atom. The average molecular weight is 374 g/mol. The van der Waals surface area contributed by atoms with Crippen molar-refractivity contribution < 1.29 is 23.5 Å². The van der Waals surface area contributed by atoms with Crippen LogP contribution in [-0.2, 0) is 14.3 Å². The molecule has 0 spiro atoms. The van der Waals surface area contributed by atoms with Crippen molar-refractivity contribution in [2.45, 2.75) is 32.3 Å². The minimum atomic E-state index is -0.312. The second-order valence-corrected chi connectivity index (χ2v) is 5.83.